The van der Waals surface area contributed by atoms with E-state index in [-0.39, 0.29) is 11.3 Å². The number of aryl methyl sites for hydroxylation is 1. The number of amides is 2. The molecule has 0 aliphatic carbocycles. The van der Waals surface area contributed by atoms with Crippen molar-refractivity contribution in [1.82, 2.24) is 5.43 Å². The van der Waals surface area contributed by atoms with Gasteiger partial charge in [-0.1, -0.05) is 47.5 Å². The second-order valence-corrected chi connectivity index (χ2v) is 7.35. The maximum Gasteiger partial charge on any atom is 0.343 e. The highest BCUT2D eigenvalue weighted by molar-refractivity contribution is 6.32. The largest absolute Gasteiger partial charge is 0.422 e. The number of hydrazine groups is 1. The van der Waals surface area contributed by atoms with E-state index in [1.807, 2.05) is 19.1 Å². The Balaban J connectivity index is 1.66. The number of carbonyl (C=O) groups excluding carboxylic acids is 3. The van der Waals surface area contributed by atoms with Gasteiger partial charge in [0.25, 0.3) is 11.8 Å². The van der Waals surface area contributed by atoms with Gasteiger partial charge < -0.3 is 4.74 Å². The fraction of sp³-hybridized carbons (Fsp3) is 0.0417. The average molecular weight is 433 g/mol. The van der Waals surface area contributed by atoms with Crippen LogP contribution in [0.15, 0.2) is 78.4 Å². The Bertz CT molecular complexity index is 1220. The monoisotopic (exact) mass is 432 g/mol. The summed E-state index contributed by atoms with van der Waals surface area (Å²) < 4.78 is 5.54. The van der Waals surface area contributed by atoms with Crippen LogP contribution in [0.2, 0.25) is 5.02 Å². The highest BCUT2D eigenvalue weighted by Gasteiger charge is 2.34. The van der Waals surface area contributed by atoms with Gasteiger partial charge in [0.05, 0.1) is 11.3 Å². The topological polar surface area (TPSA) is 75.7 Å². The second kappa shape index (κ2) is 8.45. The van der Waals surface area contributed by atoms with E-state index < -0.39 is 17.8 Å². The van der Waals surface area contributed by atoms with Crippen LogP contribution in [-0.4, -0.2) is 17.8 Å². The van der Waals surface area contributed by atoms with Crippen molar-refractivity contribution in [3.8, 4) is 5.75 Å². The van der Waals surface area contributed by atoms with Gasteiger partial charge in [-0.3, -0.25) is 15.0 Å². The Labute approximate surface area is 183 Å². The lowest BCUT2D eigenvalue weighted by Gasteiger charge is -2.14. The number of anilines is 1. The molecule has 0 bridgehead atoms. The number of hydrogen-bond donors (Lipinski definition) is 1. The third kappa shape index (κ3) is 4.34. The van der Waals surface area contributed by atoms with Crippen molar-refractivity contribution < 1.29 is 19.1 Å². The third-order valence-electron chi connectivity index (χ3n) is 4.63. The van der Waals surface area contributed by atoms with E-state index in [9.17, 15) is 14.4 Å². The summed E-state index contributed by atoms with van der Waals surface area (Å²) in [5, 5.41) is 1.53. The Hall–Kier alpha value is -3.90. The van der Waals surface area contributed by atoms with Gasteiger partial charge in [0.1, 0.15) is 11.3 Å². The molecule has 0 spiro atoms. The summed E-state index contributed by atoms with van der Waals surface area (Å²) in [6.07, 6.45) is 1.37. The summed E-state index contributed by atoms with van der Waals surface area (Å²) in [6.45, 7) is 1.87. The van der Waals surface area contributed by atoms with Crippen LogP contribution in [0.25, 0.3) is 6.08 Å². The van der Waals surface area contributed by atoms with Crippen LogP contribution in [-0.2, 0) is 9.59 Å². The van der Waals surface area contributed by atoms with Crippen molar-refractivity contribution in [1.29, 1.82) is 0 Å². The third-order valence-corrected chi connectivity index (χ3v) is 4.87. The van der Waals surface area contributed by atoms with Gasteiger partial charge in [0.2, 0.25) is 0 Å². The first-order valence-electron chi connectivity index (χ1n) is 9.43. The number of benzene rings is 3. The van der Waals surface area contributed by atoms with E-state index in [1.165, 1.54) is 18.2 Å². The standard InChI is InChI=1S/C24H17ClN2O4/c1-15-6-5-7-16(12-15)24(30)31-21-11-10-18(25)13-17(21)14-20-22(28)26-27(23(20)29)19-8-3-2-4-9-19/h2-14H,1H3,(H,26,28)/b20-14-. The van der Waals surface area contributed by atoms with Gasteiger partial charge >= 0.3 is 5.97 Å². The maximum absolute atomic E-state index is 12.8. The van der Waals surface area contributed by atoms with Crippen LogP contribution in [0.5, 0.6) is 5.75 Å². The van der Waals surface area contributed by atoms with Crippen molar-refractivity contribution in [3.63, 3.8) is 0 Å². The fourth-order valence-electron chi connectivity index (χ4n) is 3.13. The Morgan fingerprint density at radius 2 is 1.77 bits per heavy atom. The molecule has 7 heteroatoms. The summed E-state index contributed by atoms with van der Waals surface area (Å²) in [7, 11) is 0. The molecule has 6 nitrogen and oxygen atoms in total. The molecule has 1 aliphatic rings. The quantitative estimate of drug-likeness (QED) is 0.288. The van der Waals surface area contributed by atoms with E-state index in [0.717, 1.165) is 10.6 Å². The Kier molecular flexibility index (Phi) is 5.56. The predicted molar refractivity (Wildman–Crippen MR) is 118 cm³/mol. The van der Waals surface area contributed by atoms with Gasteiger partial charge in [-0.25, -0.2) is 9.80 Å². The predicted octanol–water partition coefficient (Wildman–Crippen LogP) is 4.33. The Morgan fingerprint density at radius 3 is 2.52 bits per heavy atom. The van der Waals surface area contributed by atoms with E-state index >= 15 is 0 Å². The van der Waals surface area contributed by atoms with Crippen molar-refractivity contribution in [2.45, 2.75) is 6.92 Å². The number of halogens is 1. The zero-order valence-electron chi connectivity index (χ0n) is 16.5. The van der Waals surface area contributed by atoms with Gasteiger partial charge in [-0.15, -0.1) is 0 Å². The number of hydrogen-bond acceptors (Lipinski definition) is 4. The molecule has 0 unspecified atom stereocenters. The molecule has 1 fully saturated rings. The fourth-order valence-corrected chi connectivity index (χ4v) is 3.31. The SMILES string of the molecule is Cc1cccc(C(=O)Oc2ccc(Cl)cc2/C=C2/C(=O)NN(c3ccccc3)C2=O)c1. The molecule has 2 amide bonds. The number of rotatable bonds is 4. The van der Waals surface area contributed by atoms with Crippen molar-refractivity contribution in [2.75, 3.05) is 5.01 Å². The van der Waals surface area contributed by atoms with E-state index in [4.69, 9.17) is 16.3 Å². The maximum atomic E-state index is 12.8. The zero-order valence-corrected chi connectivity index (χ0v) is 17.2. The normalized spacial score (nSPS) is 14.6. The van der Waals surface area contributed by atoms with Crippen LogP contribution >= 0.6 is 11.6 Å². The first-order chi connectivity index (χ1) is 14.9. The Morgan fingerprint density at radius 1 is 1.00 bits per heavy atom. The minimum atomic E-state index is -0.565. The molecule has 154 valence electrons. The molecule has 3 aromatic carbocycles. The highest BCUT2D eigenvalue weighted by Crippen LogP contribution is 2.28. The van der Waals surface area contributed by atoms with Crippen LogP contribution in [0.3, 0.4) is 0 Å². The molecule has 3 aromatic rings. The second-order valence-electron chi connectivity index (χ2n) is 6.92. The number of esters is 1. The number of para-hydroxylation sites is 1. The lowest BCUT2D eigenvalue weighted by molar-refractivity contribution is -0.117. The van der Waals surface area contributed by atoms with Crippen LogP contribution in [0.4, 0.5) is 5.69 Å². The van der Waals surface area contributed by atoms with Gasteiger partial charge in [0.15, 0.2) is 0 Å². The van der Waals surface area contributed by atoms with Gasteiger partial charge in [0, 0.05) is 10.6 Å². The minimum Gasteiger partial charge on any atom is -0.422 e. The molecule has 1 aliphatic heterocycles. The van der Waals surface area contributed by atoms with Crippen molar-refractivity contribution >= 4 is 41.1 Å². The molecule has 31 heavy (non-hydrogen) atoms. The molecule has 1 saturated heterocycles. The summed E-state index contributed by atoms with van der Waals surface area (Å²) in [6, 6.07) is 20.3. The smallest absolute Gasteiger partial charge is 0.343 e. The number of nitrogens with one attached hydrogen (secondary N) is 1. The molecule has 1 N–H and O–H groups in total. The molecule has 0 atom stereocenters. The number of nitrogens with zero attached hydrogens (tertiary/aromatic N) is 1. The van der Waals surface area contributed by atoms with E-state index in [2.05, 4.69) is 5.43 Å². The molecule has 0 aromatic heterocycles. The number of carbonyl (C=O) groups is 3. The molecule has 1 heterocycles. The molecule has 0 saturated carbocycles. The van der Waals surface area contributed by atoms with Crippen LogP contribution in [0, 0.1) is 6.92 Å². The minimum absolute atomic E-state index is 0.0982. The van der Waals surface area contributed by atoms with Gasteiger partial charge in [-0.05, 0) is 55.5 Å². The van der Waals surface area contributed by atoms with Crippen molar-refractivity contribution in [2.24, 2.45) is 0 Å². The van der Waals surface area contributed by atoms with Crippen LogP contribution < -0.4 is 15.2 Å². The zero-order chi connectivity index (χ0) is 22.0. The van der Waals surface area contributed by atoms with Gasteiger partial charge in [-0.2, -0.15) is 0 Å². The summed E-state index contributed by atoms with van der Waals surface area (Å²) in [4.78, 5) is 37.9. The van der Waals surface area contributed by atoms with E-state index in [1.54, 1.807) is 48.5 Å². The van der Waals surface area contributed by atoms with Crippen molar-refractivity contribution in [3.05, 3.63) is 100 Å². The molecule has 4 rings (SSSR count). The lowest BCUT2D eigenvalue weighted by Crippen LogP contribution is -2.35. The highest BCUT2D eigenvalue weighted by atomic mass is 35.5. The average Bonchev–Trinajstić information content (AvgIpc) is 3.04. The van der Waals surface area contributed by atoms with Crippen LogP contribution in [0.1, 0.15) is 21.5 Å². The van der Waals surface area contributed by atoms with E-state index in [0.29, 0.717) is 21.8 Å². The first-order valence-corrected chi connectivity index (χ1v) is 9.81. The summed E-state index contributed by atoms with van der Waals surface area (Å²) in [5.41, 5.74) is 4.61. The molecular formula is C24H17ClN2O4. The number of ether oxygens (including phenoxy) is 1. The lowest BCUT2D eigenvalue weighted by atomic mass is 10.1. The first kappa shape index (κ1) is 20.4. The summed E-state index contributed by atoms with van der Waals surface area (Å²) >= 11 is 6.11. The molecule has 0 radical (unpaired) electrons. The molecular weight excluding hydrogens is 416 g/mol. The summed E-state index contributed by atoms with van der Waals surface area (Å²) in [5.74, 6) is -1.46.